The molecule has 1 atom stereocenters. The second-order valence-corrected chi connectivity index (χ2v) is 8.73. The highest BCUT2D eigenvalue weighted by Gasteiger charge is 2.31. The van der Waals surface area contributed by atoms with Gasteiger partial charge in [0.1, 0.15) is 0 Å². The summed E-state index contributed by atoms with van der Waals surface area (Å²) < 4.78 is 22.9. The topological polar surface area (TPSA) is 113 Å². The van der Waals surface area contributed by atoms with Gasteiger partial charge in [0.2, 0.25) is 15.9 Å². The van der Waals surface area contributed by atoms with Crippen molar-refractivity contribution >= 4 is 22.0 Å². The van der Waals surface area contributed by atoms with Crippen molar-refractivity contribution in [2.45, 2.75) is 37.1 Å². The number of carbonyl (C=O) groups is 2. The maximum absolute atomic E-state index is 12.5. The second-order valence-electron chi connectivity index (χ2n) is 7.17. The van der Waals surface area contributed by atoms with Crippen LogP contribution in [0.1, 0.15) is 31.2 Å². The molecule has 1 aromatic carbocycles. The average molecular weight is 394 g/mol. The number of sulfonamides is 1. The highest BCUT2D eigenvalue weighted by molar-refractivity contribution is 7.89. The van der Waals surface area contributed by atoms with E-state index in [1.165, 1.54) is 12.1 Å². The van der Waals surface area contributed by atoms with Gasteiger partial charge in [-0.15, -0.1) is 0 Å². The summed E-state index contributed by atoms with van der Waals surface area (Å²) in [5, 5.41) is 7.99. The molecule has 3 rings (SSSR count). The van der Waals surface area contributed by atoms with Crippen LogP contribution in [0.5, 0.6) is 0 Å². The summed E-state index contributed by atoms with van der Waals surface area (Å²) in [6, 6.07) is 6.24. The van der Waals surface area contributed by atoms with Gasteiger partial charge in [0, 0.05) is 32.7 Å². The number of nitrogens with zero attached hydrogens (tertiary/aromatic N) is 2. The standard InChI is InChI=1S/C18H26N4O4S/c19-27(25,26)16-7-3-5-14(11-16)12-20-17(23)15-6-4-10-22(13-15)18(24)21-8-1-2-9-21/h3,5,7,11,15H,1-2,4,6,8-10,12-13H2,(H,20,23)(H2,19,25,26)/t15-/m0/s1. The molecule has 0 radical (unpaired) electrons. The first-order chi connectivity index (χ1) is 12.8. The molecule has 2 heterocycles. The largest absolute Gasteiger partial charge is 0.352 e. The van der Waals surface area contributed by atoms with Gasteiger partial charge in [-0.3, -0.25) is 4.79 Å². The summed E-state index contributed by atoms with van der Waals surface area (Å²) in [4.78, 5) is 28.7. The lowest BCUT2D eigenvalue weighted by Gasteiger charge is -2.34. The van der Waals surface area contributed by atoms with E-state index in [2.05, 4.69) is 5.32 Å². The van der Waals surface area contributed by atoms with Crippen molar-refractivity contribution < 1.29 is 18.0 Å². The molecular weight excluding hydrogens is 368 g/mol. The fourth-order valence-electron chi connectivity index (χ4n) is 3.64. The number of piperidine rings is 1. The van der Waals surface area contributed by atoms with Gasteiger partial charge in [-0.05, 0) is 43.4 Å². The maximum atomic E-state index is 12.5. The molecule has 27 heavy (non-hydrogen) atoms. The molecule has 0 aromatic heterocycles. The Labute approximate surface area is 159 Å². The molecule has 0 bridgehead atoms. The first-order valence-electron chi connectivity index (χ1n) is 9.28. The minimum Gasteiger partial charge on any atom is -0.352 e. The van der Waals surface area contributed by atoms with Crippen LogP contribution in [0.15, 0.2) is 29.2 Å². The van der Waals surface area contributed by atoms with Crippen molar-refractivity contribution in [1.29, 1.82) is 0 Å². The molecule has 8 nitrogen and oxygen atoms in total. The molecule has 0 saturated carbocycles. The van der Waals surface area contributed by atoms with E-state index in [0.29, 0.717) is 18.7 Å². The van der Waals surface area contributed by atoms with Gasteiger partial charge in [0.25, 0.3) is 0 Å². The number of benzene rings is 1. The second kappa shape index (κ2) is 8.26. The average Bonchev–Trinajstić information content (AvgIpc) is 3.20. The highest BCUT2D eigenvalue weighted by Crippen LogP contribution is 2.20. The first-order valence-corrected chi connectivity index (χ1v) is 10.8. The Kier molecular flexibility index (Phi) is 6.01. The first kappa shape index (κ1) is 19.6. The minimum atomic E-state index is -3.77. The van der Waals surface area contributed by atoms with E-state index in [1.807, 2.05) is 4.90 Å². The molecule has 1 aromatic rings. The van der Waals surface area contributed by atoms with Crippen LogP contribution in [0.2, 0.25) is 0 Å². The van der Waals surface area contributed by atoms with Crippen molar-refractivity contribution in [2.75, 3.05) is 26.2 Å². The normalized spacial score (nSPS) is 20.6. The van der Waals surface area contributed by atoms with E-state index in [1.54, 1.807) is 17.0 Å². The third kappa shape index (κ3) is 4.98. The highest BCUT2D eigenvalue weighted by atomic mass is 32.2. The van der Waals surface area contributed by atoms with Crippen LogP contribution >= 0.6 is 0 Å². The van der Waals surface area contributed by atoms with Gasteiger partial charge in [-0.1, -0.05) is 12.1 Å². The Morgan fingerprint density at radius 2 is 1.81 bits per heavy atom. The monoisotopic (exact) mass is 394 g/mol. The Hall–Kier alpha value is -2.13. The SMILES string of the molecule is NS(=O)(=O)c1cccc(CNC(=O)[C@H]2CCCN(C(=O)N3CCCC3)C2)c1. The summed E-state index contributed by atoms with van der Waals surface area (Å²) >= 11 is 0. The molecule has 0 spiro atoms. The van der Waals surface area contributed by atoms with Crippen LogP contribution < -0.4 is 10.5 Å². The van der Waals surface area contributed by atoms with E-state index in [-0.39, 0.29) is 29.3 Å². The van der Waals surface area contributed by atoms with Crippen LogP contribution in [-0.2, 0) is 21.4 Å². The molecular formula is C18H26N4O4S. The lowest BCUT2D eigenvalue weighted by atomic mass is 9.97. The third-order valence-corrected chi connectivity index (χ3v) is 6.04. The Bertz CT molecular complexity index is 805. The van der Waals surface area contributed by atoms with Gasteiger partial charge in [-0.2, -0.15) is 0 Å². The van der Waals surface area contributed by atoms with Crippen LogP contribution in [0.3, 0.4) is 0 Å². The smallest absolute Gasteiger partial charge is 0.320 e. The number of urea groups is 1. The predicted octanol–water partition coefficient (Wildman–Crippen LogP) is 0.878. The zero-order chi connectivity index (χ0) is 19.4. The van der Waals surface area contributed by atoms with Crippen LogP contribution in [-0.4, -0.2) is 56.3 Å². The fourth-order valence-corrected chi connectivity index (χ4v) is 4.22. The molecule has 9 heteroatoms. The van der Waals surface area contributed by atoms with Crippen LogP contribution in [0, 0.1) is 5.92 Å². The van der Waals surface area contributed by atoms with Gasteiger partial charge < -0.3 is 15.1 Å². The van der Waals surface area contributed by atoms with E-state index < -0.39 is 10.0 Å². The zero-order valence-electron chi connectivity index (χ0n) is 15.3. The zero-order valence-corrected chi connectivity index (χ0v) is 16.1. The molecule has 2 fully saturated rings. The quantitative estimate of drug-likeness (QED) is 0.789. The summed E-state index contributed by atoms with van der Waals surface area (Å²) in [5.41, 5.74) is 0.663. The lowest BCUT2D eigenvalue weighted by Crippen LogP contribution is -2.49. The molecule has 3 amide bonds. The van der Waals surface area contributed by atoms with E-state index in [0.717, 1.165) is 38.8 Å². The summed E-state index contributed by atoms with van der Waals surface area (Å²) in [5.74, 6) is -0.360. The number of likely N-dealkylation sites (tertiary alicyclic amines) is 2. The van der Waals surface area contributed by atoms with Gasteiger partial charge >= 0.3 is 6.03 Å². The Morgan fingerprint density at radius 3 is 2.52 bits per heavy atom. The molecule has 148 valence electrons. The molecule has 2 aliphatic heterocycles. The maximum Gasteiger partial charge on any atom is 0.320 e. The van der Waals surface area contributed by atoms with Crippen LogP contribution in [0.25, 0.3) is 0 Å². The van der Waals surface area contributed by atoms with Crippen molar-refractivity contribution in [3.05, 3.63) is 29.8 Å². The Balaban J connectivity index is 1.55. The van der Waals surface area contributed by atoms with Gasteiger partial charge in [-0.25, -0.2) is 18.4 Å². The number of nitrogens with one attached hydrogen (secondary N) is 1. The van der Waals surface area contributed by atoms with E-state index in [4.69, 9.17) is 5.14 Å². The van der Waals surface area contributed by atoms with E-state index >= 15 is 0 Å². The van der Waals surface area contributed by atoms with Crippen molar-refractivity contribution in [2.24, 2.45) is 11.1 Å². The van der Waals surface area contributed by atoms with Gasteiger partial charge in [0.15, 0.2) is 0 Å². The van der Waals surface area contributed by atoms with Crippen molar-refractivity contribution in [1.82, 2.24) is 15.1 Å². The lowest BCUT2D eigenvalue weighted by molar-refractivity contribution is -0.126. The number of carbonyl (C=O) groups excluding carboxylic acids is 2. The number of primary sulfonamides is 1. The number of hydrogen-bond acceptors (Lipinski definition) is 4. The number of hydrogen-bond donors (Lipinski definition) is 2. The van der Waals surface area contributed by atoms with Crippen molar-refractivity contribution in [3.63, 3.8) is 0 Å². The van der Waals surface area contributed by atoms with Gasteiger partial charge in [0.05, 0.1) is 10.8 Å². The van der Waals surface area contributed by atoms with Crippen molar-refractivity contribution in [3.8, 4) is 0 Å². The number of nitrogens with two attached hydrogens (primary N) is 1. The Morgan fingerprint density at radius 1 is 1.11 bits per heavy atom. The minimum absolute atomic E-state index is 0.0225. The third-order valence-electron chi connectivity index (χ3n) is 5.13. The number of amides is 3. The molecule has 0 unspecified atom stereocenters. The summed E-state index contributed by atoms with van der Waals surface area (Å²) in [7, 11) is -3.77. The fraction of sp³-hybridized carbons (Fsp3) is 0.556. The van der Waals surface area contributed by atoms with Crippen LogP contribution in [0.4, 0.5) is 4.79 Å². The number of rotatable bonds is 4. The molecule has 2 saturated heterocycles. The summed E-state index contributed by atoms with van der Waals surface area (Å²) in [6.45, 7) is 2.94. The van der Waals surface area contributed by atoms with E-state index in [9.17, 15) is 18.0 Å². The summed E-state index contributed by atoms with van der Waals surface area (Å²) in [6.07, 6.45) is 3.63. The molecule has 2 aliphatic rings. The predicted molar refractivity (Wildman–Crippen MR) is 100 cm³/mol. The molecule has 3 N–H and O–H groups in total. The molecule has 0 aliphatic carbocycles.